The zero-order valence-electron chi connectivity index (χ0n) is 10.4. The fraction of sp³-hybridized carbons (Fsp3) is 0.182. The van der Waals surface area contributed by atoms with Gasteiger partial charge in [-0.15, -0.1) is 10.2 Å². The first-order valence-electron chi connectivity index (χ1n) is 5.27. The fourth-order valence-electron chi connectivity index (χ4n) is 1.40. The summed E-state index contributed by atoms with van der Waals surface area (Å²) >= 11 is 14.7. The Morgan fingerprint density at radius 3 is 2.50 bits per heavy atom. The number of nitrogens with zero attached hydrogens (tertiary/aromatic N) is 2. The lowest BCUT2D eigenvalue weighted by Gasteiger charge is -2.08. The molecule has 0 bridgehead atoms. The second kappa shape index (κ2) is 6.62. The SMILES string of the molecule is COc1c(Cl)cc(C(=O)Nc2nnc(SC)s2)cc1Cl. The molecule has 1 amide bonds. The third-order valence-electron chi connectivity index (χ3n) is 2.27. The van der Waals surface area contributed by atoms with Gasteiger partial charge in [0.2, 0.25) is 5.13 Å². The molecule has 2 rings (SSSR count). The molecule has 1 aromatic heterocycles. The number of anilines is 1. The van der Waals surface area contributed by atoms with Gasteiger partial charge in [0.15, 0.2) is 10.1 Å². The molecule has 0 aliphatic heterocycles. The average molecular weight is 350 g/mol. The number of carbonyl (C=O) groups is 1. The molecule has 0 saturated carbocycles. The molecule has 0 unspecified atom stereocenters. The summed E-state index contributed by atoms with van der Waals surface area (Å²) in [6.07, 6.45) is 1.88. The van der Waals surface area contributed by atoms with Crippen LogP contribution < -0.4 is 10.1 Å². The molecule has 20 heavy (non-hydrogen) atoms. The minimum absolute atomic E-state index is 0.271. The Bertz CT molecular complexity index is 625. The van der Waals surface area contributed by atoms with E-state index in [0.29, 0.717) is 16.4 Å². The molecule has 0 aliphatic carbocycles. The Morgan fingerprint density at radius 2 is 2.00 bits per heavy atom. The predicted octanol–water partition coefficient (Wildman–Crippen LogP) is 3.83. The molecule has 9 heteroatoms. The Hall–Kier alpha value is -1.02. The maximum Gasteiger partial charge on any atom is 0.257 e. The average Bonchev–Trinajstić information content (AvgIpc) is 2.86. The quantitative estimate of drug-likeness (QED) is 0.671. The second-order valence-electron chi connectivity index (χ2n) is 3.50. The summed E-state index contributed by atoms with van der Waals surface area (Å²) < 4.78 is 5.80. The Kier molecular flexibility index (Phi) is 5.09. The lowest BCUT2D eigenvalue weighted by Crippen LogP contribution is -2.12. The number of carbonyl (C=O) groups excluding carboxylic acids is 1. The third-order valence-corrected chi connectivity index (χ3v) is 4.64. The fourth-order valence-corrected chi connectivity index (χ4v) is 3.20. The van der Waals surface area contributed by atoms with Crippen molar-refractivity contribution in [1.82, 2.24) is 10.2 Å². The summed E-state index contributed by atoms with van der Waals surface area (Å²) in [6.45, 7) is 0. The zero-order valence-corrected chi connectivity index (χ0v) is 13.6. The van der Waals surface area contributed by atoms with Gasteiger partial charge in [-0.2, -0.15) is 0 Å². The minimum atomic E-state index is -0.361. The monoisotopic (exact) mass is 349 g/mol. The number of hydrogen-bond donors (Lipinski definition) is 1. The van der Waals surface area contributed by atoms with E-state index < -0.39 is 0 Å². The van der Waals surface area contributed by atoms with Crippen molar-refractivity contribution >= 4 is 57.3 Å². The van der Waals surface area contributed by atoms with Crippen LogP contribution in [0.1, 0.15) is 10.4 Å². The van der Waals surface area contributed by atoms with Crippen LogP contribution in [0.15, 0.2) is 16.5 Å². The van der Waals surface area contributed by atoms with Crippen molar-refractivity contribution in [1.29, 1.82) is 0 Å². The molecule has 0 atom stereocenters. The summed E-state index contributed by atoms with van der Waals surface area (Å²) in [4.78, 5) is 12.1. The molecule has 0 fully saturated rings. The van der Waals surface area contributed by atoms with E-state index in [-0.39, 0.29) is 16.0 Å². The second-order valence-corrected chi connectivity index (χ2v) is 6.35. The van der Waals surface area contributed by atoms with Gasteiger partial charge < -0.3 is 4.74 Å². The van der Waals surface area contributed by atoms with Crippen molar-refractivity contribution in [3.8, 4) is 5.75 Å². The van der Waals surface area contributed by atoms with Gasteiger partial charge >= 0.3 is 0 Å². The number of rotatable bonds is 4. The molecule has 5 nitrogen and oxygen atoms in total. The van der Waals surface area contributed by atoms with Crippen molar-refractivity contribution in [3.63, 3.8) is 0 Å². The highest BCUT2D eigenvalue weighted by molar-refractivity contribution is 8.00. The van der Waals surface area contributed by atoms with E-state index >= 15 is 0 Å². The third kappa shape index (κ3) is 3.35. The first kappa shape index (κ1) is 15.4. The molecular formula is C11H9Cl2N3O2S2. The van der Waals surface area contributed by atoms with Crippen molar-refractivity contribution in [2.45, 2.75) is 4.34 Å². The highest BCUT2D eigenvalue weighted by Crippen LogP contribution is 2.34. The van der Waals surface area contributed by atoms with Gasteiger partial charge in [0.05, 0.1) is 17.2 Å². The van der Waals surface area contributed by atoms with Gasteiger partial charge in [0.25, 0.3) is 5.91 Å². The normalized spacial score (nSPS) is 10.4. The van der Waals surface area contributed by atoms with Crippen LogP contribution in [-0.2, 0) is 0 Å². The van der Waals surface area contributed by atoms with Crippen LogP contribution in [0.3, 0.4) is 0 Å². The number of methoxy groups -OCH3 is 1. The van der Waals surface area contributed by atoms with E-state index in [1.807, 2.05) is 6.26 Å². The van der Waals surface area contributed by atoms with Crippen LogP contribution in [-0.4, -0.2) is 29.5 Å². The molecular weight excluding hydrogens is 341 g/mol. The van der Waals surface area contributed by atoms with E-state index in [9.17, 15) is 4.79 Å². The maximum absolute atomic E-state index is 12.1. The lowest BCUT2D eigenvalue weighted by molar-refractivity contribution is 0.102. The van der Waals surface area contributed by atoms with E-state index in [1.165, 1.54) is 42.3 Å². The highest BCUT2D eigenvalue weighted by Gasteiger charge is 2.15. The van der Waals surface area contributed by atoms with Crippen LogP contribution in [0.4, 0.5) is 5.13 Å². The van der Waals surface area contributed by atoms with Gasteiger partial charge in [-0.3, -0.25) is 10.1 Å². The summed E-state index contributed by atoms with van der Waals surface area (Å²) in [5.74, 6) is -0.0225. The number of hydrogen-bond acceptors (Lipinski definition) is 6. The summed E-state index contributed by atoms with van der Waals surface area (Å²) in [6, 6.07) is 2.97. The predicted molar refractivity (Wildman–Crippen MR) is 82.7 cm³/mol. The van der Waals surface area contributed by atoms with E-state index in [2.05, 4.69) is 15.5 Å². The van der Waals surface area contributed by atoms with Crippen LogP contribution in [0, 0.1) is 0 Å². The zero-order chi connectivity index (χ0) is 14.7. The molecule has 106 valence electrons. The first-order valence-corrected chi connectivity index (χ1v) is 8.06. The molecule has 1 aromatic carbocycles. The van der Waals surface area contributed by atoms with E-state index in [1.54, 1.807) is 0 Å². The number of amides is 1. The lowest BCUT2D eigenvalue weighted by atomic mass is 10.2. The maximum atomic E-state index is 12.1. The summed E-state index contributed by atoms with van der Waals surface area (Å²) in [7, 11) is 1.46. The molecule has 0 spiro atoms. The van der Waals surface area contributed by atoms with Gasteiger partial charge in [-0.25, -0.2) is 0 Å². The van der Waals surface area contributed by atoms with Crippen LogP contribution in [0.5, 0.6) is 5.75 Å². The first-order chi connectivity index (χ1) is 9.55. The van der Waals surface area contributed by atoms with Crippen molar-refractivity contribution < 1.29 is 9.53 Å². The number of nitrogens with one attached hydrogen (secondary N) is 1. The minimum Gasteiger partial charge on any atom is -0.494 e. The molecule has 2 aromatic rings. The number of ether oxygens (including phenoxy) is 1. The molecule has 0 aliphatic rings. The standard InChI is InChI=1S/C11H9Cl2N3O2S2/c1-18-8-6(12)3-5(4-7(8)13)9(17)14-10-15-16-11(19-2)20-10/h3-4H,1-2H3,(H,14,15,17). The van der Waals surface area contributed by atoms with Crippen molar-refractivity contribution in [2.24, 2.45) is 0 Å². The Morgan fingerprint density at radius 1 is 1.35 bits per heavy atom. The molecule has 1 N–H and O–H groups in total. The number of benzene rings is 1. The number of thioether (sulfide) groups is 1. The topological polar surface area (TPSA) is 64.1 Å². The van der Waals surface area contributed by atoms with E-state index in [4.69, 9.17) is 27.9 Å². The van der Waals surface area contributed by atoms with Gasteiger partial charge in [-0.1, -0.05) is 46.3 Å². The summed E-state index contributed by atoms with van der Waals surface area (Å²) in [5.41, 5.74) is 0.321. The number of halogens is 2. The van der Waals surface area contributed by atoms with Crippen molar-refractivity contribution in [2.75, 3.05) is 18.7 Å². The van der Waals surface area contributed by atoms with E-state index in [0.717, 1.165) is 4.34 Å². The van der Waals surface area contributed by atoms with Crippen LogP contribution >= 0.6 is 46.3 Å². The van der Waals surface area contributed by atoms with Crippen LogP contribution in [0.2, 0.25) is 10.0 Å². The van der Waals surface area contributed by atoms with Crippen molar-refractivity contribution in [3.05, 3.63) is 27.7 Å². The number of aromatic nitrogens is 2. The smallest absolute Gasteiger partial charge is 0.257 e. The van der Waals surface area contributed by atoms with Gasteiger partial charge in [0.1, 0.15) is 0 Å². The molecule has 0 saturated heterocycles. The molecule has 0 radical (unpaired) electrons. The van der Waals surface area contributed by atoms with Gasteiger partial charge in [-0.05, 0) is 18.4 Å². The summed E-state index contributed by atoms with van der Waals surface area (Å²) in [5, 5.41) is 11.3. The Labute approximate surface area is 133 Å². The highest BCUT2D eigenvalue weighted by atomic mass is 35.5. The molecule has 1 heterocycles. The van der Waals surface area contributed by atoms with Gasteiger partial charge in [0, 0.05) is 5.56 Å². The largest absolute Gasteiger partial charge is 0.494 e. The Balaban J connectivity index is 2.21. The van der Waals surface area contributed by atoms with Crippen LogP contribution in [0.25, 0.3) is 0 Å².